The van der Waals surface area contributed by atoms with E-state index < -0.39 is 17.8 Å². The summed E-state index contributed by atoms with van der Waals surface area (Å²) in [6, 6.07) is 19.5. The second kappa shape index (κ2) is 10.7. The Morgan fingerprint density at radius 3 is 2.34 bits per heavy atom. The van der Waals surface area contributed by atoms with E-state index in [-0.39, 0.29) is 23.8 Å². The number of anilines is 2. The fourth-order valence-electron chi connectivity index (χ4n) is 3.26. The summed E-state index contributed by atoms with van der Waals surface area (Å²) in [7, 11) is 0. The van der Waals surface area contributed by atoms with Crippen LogP contribution in [0.2, 0.25) is 0 Å². The van der Waals surface area contributed by atoms with Crippen molar-refractivity contribution in [2.45, 2.75) is 0 Å². The minimum atomic E-state index is -0.845. The molecule has 1 heterocycles. The average molecular weight is 599 g/mol. The first-order valence-corrected chi connectivity index (χ1v) is 11.8. The van der Waals surface area contributed by atoms with E-state index in [1.165, 1.54) is 6.08 Å². The largest absolute Gasteiger partial charge is 0.483 e. The number of carbonyl (C=O) groups excluding carboxylic acids is 4. The standard InChI is InChI=1S/C25H17Br2N3O5/c26-16-6-9-19(10-7-16)30-24(33)20(23(32)29-25(30)34)13-15-12-17(27)8-11-21(15)35-14-22(31)28-18-4-2-1-3-5-18/h1-13H,14H2,(H,28,31)(H,29,32,34)/b20-13+. The van der Waals surface area contributed by atoms with E-state index >= 15 is 0 Å². The molecule has 5 amide bonds. The lowest BCUT2D eigenvalue weighted by Gasteiger charge is -2.26. The summed E-state index contributed by atoms with van der Waals surface area (Å²) in [5.41, 5.74) is 1.04. The zero-order valence-corrected chi connectivity index (χ0v) is 21.1. The number of barbiturate groups is 1. The number of halogens is 2. The van der Waals surface area contributed by atoms with E-state index in [1.807, 2.05) is 6.07 Å². The highest BCUT2D eigenvalue weighted by atomic mass is 79.9. The van der Waals surface area contributed by atoms with E-state index in [2.05, 4.69) is 42.5 Å². The Hall–Kier alpha value is -3.76. The third-order valence-electron chi connectivity index (χ3n) is 4.87. The Bertz CT molecular complexity index is 1340. The molecule has 1 saturated heterocycles. The van der Waals surface area contributed by atoms with Crippen LogP contribution < -0.4 is 20.3 Å². The third-order valence-corrected chi connectivity index (χ3v) is 5.90. The molecule has 0 atom stereocenters. The van der Waals surface area contributed by atoms with E-state index in [9.17, 15) is 19.2 Å². The smallest absolute Gasteiger partial charge is 0.335 e. The summed E-state index contributed by atoms with van der Waals surface area (Å²) in [6.07, 6.45) is 1.32. The number of ether oxygens (including phenoxy) is 1. The van der Waals surface area contributed by atoms with Gasteiger partial charge < -0.3 is 10.1 Å². The van der Waals surface area contributed by atoms with Crippen LogP contribution in [0, 0.1) is 0 Å². The molecule has 0 aromatic heterocycles. The molecule has 0 saturated carbocycles. The lowest BCUT2D eigenvalue weighted by molar-refractivity contribution is -0.122. The minimum absolute atomic E-state index is 0.260. The average Bonchev–Trinajstić information content (AvgIpc) is 2.83. The SMILES string of the molecule is O=C(COc1ccc(Br)cc1/C=C1\C(=O)NC(=O)N(c2ccc(Br)cc2)C1=O)Nc1ccccc1. The highest BCUT2D eigenvalue weighted by molar-refractivity contribution is 9.10. The maximum atomic E-state index is 13.1. The predicted molar refractivity (Wildman–Crippen MR) is 138 cm³/mol. The molecule has 10 heteroatoms. The van der Waals surface area contributed by atoms with Gasteiger partial charge in [0.15, 0.2) is 6.61 Å². The number of rotatable bonds is 6. The van der Waals surface area contributed by atoms with Crippen molar-refractivity contribution in [3.8, 4) is 5.75 Å². The van der Waals surface area contributed by atoms with Crippen molar-refractivity contribution in [2.24, 2.45) is 0 Å². The lowest BCUT2D eigenvalue weighted by atomic mass is 10.1. The zero-order chi connectivity index (χ0) is 24.9. The molecule has 0 aliphatic carbocycles. The molecule has 2 N–H and O–H groups in total. The highest BCUT2D eigenvalue weighted by Gasteiger charge is 2.37. The van der Waals surface area contributed by atoms with Gasteiger partial charge in [-0.25, -0.2) is 9.69 Å². The number of urea groups is 1. The second-order valence-electron chi connectivity index (χ2n) is 7.32. The number of hydrogen-bond donors (Lipinski definition) is 2. The molecule has 1 aliphatic rings. The van der Waals surface area contributed by atoms with Crippen molar-refractivity contribution in [3.05, 3.63) is 92.9 Å². The highest BCUT2D eigenvalue weighted by Crippen LogP contribution is 2.28. The Labute approximate surface area is 217 Å². The van der Waals surface area contributed by atoms with Crippen LogP contribution in [0.15, 0.2) is 87.3 Å². The molecule has 1 aliphatic heterocycles. The van der Waals surface area contributed by atoms with Crippen LogP contribution in [-0.4, -0.2) is 30.4 Å². The monoisotopic (exact) mass is 597 g/mol. The number of carbonyl (C=O) groups is 4. The van der Waals surface area contributed by atoms with E-state index in [4.69, 9.17) is 4.74 Å². The van der Waals surface area contributed by atoms with Gasteiger partial charge in [0.05, 0.1) is 5.69 Å². The molecule has 1 fully saturated rings. The molecule has 0 unspecified atom stereocenters. The van der Waals surface area contributed by atoms with Gasteiger partial charge in [-0.2, -0.15) is 0 Å². The van der Waals surface area contributed by atoms with E-state index in [1.54, 1.807) is 66.7 Å². The van der Waals surface area contributed by atoms with Gasteiger partial charge in [-0.05, 0) is 60.7 Å². The number of para-hydroxylation sites is 1. The van der Waals surface area contributed by atoms with Gasteiger partial charge in [-0.3, -0.25) is 19.7 Å². The van der Waals surface area contributed by atoms with Crippen LogP contribution >= 0.6 is 31.9 Å². The van der Waals surface area contributed by atoms with Crippen molar-refractivity contribution < 1.29 is 23.9 Å². The van der Waals surface area contributed by atoms with Gasteiger partial charge >= 0.3 is 6.03 Å². The number of hydrogen-bond acceptors (Lipinski definition) is 5. The van der Waals surface area contributed by atoms with Gasteiger partial charge in [0, 0.05) is 20.2 Å². The molecule has 3 aromatic rings. The molecule has 35 heavy (non-hydrogen) atoms. The number of benzene rings is 3. The third kappa shape index (κ3) is 5.84. The molecule has 0 radical (unpaired) electrons. The lowest BCUT2D eigenvalue weighted by Crippen LogP contribution is -2.54. The first kappa shape index (κ1) is 24.4. The summed E-state index contributed by atoms with van der Waals surface area (Å²) < 4.78 is 7.11. The second-order valence-corrected chi connectivity index (χ2v) is 9.15. The first-order valence-electron chi connectivity index (χ1n) is 10.3. The zero-order valence-electron chi connectivity index (χ0n) is 18.0. The Morgan fingerprint density at radius 2 is 1.63 bits per heavy atom. The van der Waals surface area contributed by atoms with Gasteiger partial charge in [0.25, 0.3) is 17.7 Å². The van der Waals surface area contributed by atoms with Crippen LogP contribution in [0.25, 0.3) is 6.08 Å². The predicted octanol–water partition coefficient (Wildman–Crippen LogP) is 4.90. The molecule has 8 nitrogen and oxygen atoms in total. The molecule has 0 bridgehead atoms. The van der Waals surface area contributed by atoms with Crippen LogP contribution in [0.4, 0.5) is 16.2 Å². The van der Waals surface area contributed by atoms with Crippen LogP contribution in [0.3, 0.4) is 0 Å². The van der Waals surface area contributed by atoms with Gasteiger partial charge in [-0.1, -0.05) is 50.1 Å². The van der Waals surface area contributed by atoms with E-state index in [0.717, 1.165) is 9.37 Å². The Morgan fingerprint density at radius 1 is 0.943 bits per heavy atom. The topological polar surface area (TPSA) is 105 Å². The first-order chi connectivity index (χ1) is 16.8. The van der Waals surface area contributed by atoms with E-state index in [0.29, 0.717) is 21.4 Å². The Kier molecular flexibility index (Phi) is 7.42. The van der Waals surface area contributed by atoms with Crippen molar-refractivity contribution in [2.75, 3.05) is 16.8 Å². The fourth-order valence-corrected chi connectivity index (χ4v) is 3.91. The summed E-state index contributed by atoms with van der Waals surface area (Å²) in [6.45, 7) is -0.295. The van der Waals surface area contributed by atoms with Gasteiger partial charge in [-0.15, -0.1) is 0 Å². The number of nitrogens with zero attached hydrogens (tertiary/aromatic N) is 1. The maximum Gasteiger partial charge on any atom is 0.335 e. The summed E-state index contributed by atoms with van der Waals surface area (Å²) in [5, 5.41) is 4.90. The van der Waals surface area contributed by atoms with Crippen LogP contribution in [-0.2, 0) is 14.4 Å². The Balaban J connectivity index is 1.59. The molecule has 176 valence electrons. The van der Waals surface area contributed by atoms with Crippen molar-refractivity contribution in [1.29, 1.82) is 0 Å². The minimum Gasteiger partial charge on any atom is -0.483 e. The van der Waals surface area contributed by atoms with Crippen LogP contribution in [0.1, 0.15) is 5.56 Å². The van der Waals surface area contributed by atoms with Crippen molar-refractivity contribution in [1.82, 2.24) is 5.32 Å². The van der Waals surface area contributed by atoms with Crippen LogP contribution in [0.5, 0.6) is 5.75 Å². The molecular formula is C25H17Br2N3O5. The molecule has 0 spiro atoms. The van der Waals surface area contributed by atoms with Gasteiger partial charge in [0.1, 0.15) is 11.3 Å². The molecular weight excluding hydrogens is 582 g/mol. The maximum absolute atomic E-state index is 13.1. The van der Waals surface area contributed by atoms with Crippen molar-refractivity contribution >= 4 is 73.1 Å². The number of nitrogens with one attached hydrogen (secondary N) is 2. The summed E-state index contributed by atoms with van der Waals surface area (Å²) in [5.74, 6) is -1.72. The number of amides is 5. The normalized spacial score (nSPS) is 14.6. The van der Waals surface area contributed by atoms with Crippen molar-refractivity contribution in [3.63, 3.8) is 0 Å². The fraction of sp³-hybridized carbons (Fsp3) is 0.0400. The molecule has 3 aromatic carbocycles. The van der Waals surface area contributed by atoms with Gasteiger partial charge in [0.2, 0.25) is 0 Å². The molecule has 4 rings (SSSR count). The summed E-state index contributed by atoms with van der Waals surface area (Å²) >= 11 is 6.67. The number of imide groups is 2. The summed E-state index contributed by atoms with van der Waals surface area (Å²) in [4.78, 5) is 51.3. The quantitative estimate of drug-likeness (QED) is 0.310.